The fourth-order valence-electron chi connectivity index (χ4n) is 1.23. The number of hydrogen-bond acceptors (Lipinski definition) is 5. The van der Waals surface area contributed by atoms with Gasteiger partial charge < -0.3 is 5.73 Å². The second-order valence-electron chi connectivity index (χ2n) is 3.30. The molecule has 2 N–H and O–H groups in total. The van der Waals surface area contributed by atoms with Crippen molar-refractivity contribution in [3.8, 4) is 0 Å². The molecule has 0 bridgehead atoms. The van der Waals surface area contributed by atoms with Crippen LogP contribution in [0.15, 0.2) is 18.6 Å². The molecule has 2 aromatic rings. The molecule has 0 spiro atoms. The highest BCUT2D eigenvalue weighted by atomic mass is 32.1. The number of thiazole rings is 1. The second kappa shape index (κ2) is 4.04. The molecule has 1 unspecified atom stereocenters. The van der Waals surface area contributed by atoms with E-state index in [0.717, 1.165) is 16.4 Å². The summed E-state index contributed by atoms with van der Waals surface area (Å²) in [5.74, 6) is 0. The molecule has 5 heteroatoms. The number of rotatable bonds is 2. The highest BCUT2D eigenvalue weighted by Crippen LogP contribution is 2.24. The number of aromatic nitrogens is 3. The van der Waals surface area contributed by atoms with Gasteiger partial charge in [0, 0.05) is 17.3 Å². The molecule has 15 heavy (non-hydrogen) atoms. The molecule has 0 saturated carbocycles. The van der Waals surface area contributed by atoms with Gasteiger partial charge in [-0.25, -0.2) is 4.98 Å². The third-order valence-electron chi connectivity index (χ3n) is 2.21. The van der Waals surface area contributed by atoms with Crippen LogP contribution in [0.3, 0.4) is 0 Å². The Labute approximate surface area is 92.2 Å². The van der Waals surface area contributed by atoms with Crippen LogP contribution in [0.5, 0.6) is 0 Å². The van der Waals surface area contributed by atoms with Gasteiger partial charge in [0.2, 0.25) is 0 Å². The van der Waals surface area contributed by atoms with Crippen LogP contribution in [-0.2, 0) is 0 Å². The van der Waals surface area contributed by atoms with E-state index in [1.54, 1.807) is 29.9 Å². The molecule has 2 heterocycles. The van der Waals surface area contributed by atoms with E-state index in [1.807, 2.05) is 13.8 Å². The quantitative estimate of drug-likeness (QED) is 0.834. The summed E-state index contributed by atoms with van der Waals surface area (Å²) < 4.78 is 0. The Morgan fingerprint density at radius 1 is 1.33 bits per heavy atom. The molecule has 0 aliphatic rings. The molecule has 0 fully saturated rings. The predicted molar refractivity (Wildman–Crippen MR) is 59.7 cm³/mol. The Kier molecular flexibility index (Phi) is 2.75. The lowest BCUT2D eigenvalue weighted by Crippen LogP contribution is -2.13. The van der Waals surface area contributed by atoms with Crippen LogP contribution in [0.1, 0.15) is 27.3 Å². The maximum absolute atomic E-state index is 6.04. The van der Waals surface area contributed by atoms with Crippen molar-refractivity contribution in [1.29, 1.82) is 0 Å². The lowest BCUT2D eigenvalue weighted by atomic mass is 10.2. The van der Waals surface area contributed by atoms with Gasteiger partial charge in [-0.15, -0.1) is 11.3 Å². The first-order valence-corrected chi connectivity index (χ1v) is 5.45. The molecule has 0 amide bonds. The van der Waals surface area contributed by atoms with E-state index in [4.69, 9.17) is 5.73 Å². The van der Waals surface area contributed by atoms with E-state index in [2.05, 4.69) is 15.0 Å². The average molecular weight is 220 g/mol. The Morgan fingerprint density at radius 2 is 2.13 bits per heavy atom. The van der Waals surface area contributed by atoms with E-state index >= 15 is 0 Å². The van der Waals surface area contributed by atoms with Crippen molar-refractivity contribution in [2.45, 2.75) is 19.9 Å². The summed E-state index contributed by atoms with van der Waals surface area (Å²) in [6.45, 7) is 4.03. The van der Waals surface area contributed by atoms with Crippen molar-refractivity contribution in [2.75, 3.05) is 0 Å². The minimum absolute atomic E-state index is 0.268. The van der Waals surface area contributed by atoms with Gasteiger partial charge >= 0.3 is 0 Å². The molecule has 0 saturated heterocycles. The van der Waals surface area contributed by atoms with Crippen molar-refractivity contribution < 1.29 is 0 Å². The van der Waals surface area contributed by atoms with E-state index in [-0.39, 0.29) is 6.04 Å². The molecule has 0 aliphatic carbocycles. The van der Waals surface area contributed by atoms with E-state index in [1.165, 1.54) is 4.88 Å². The van der Waals surface area contributed by atoms with Gasteiger partial charge in [0.15, 0.2) is 0 Å². The maximum Gasteiger partial charge on any atom is 0.116 e. The predicted octanol–water partition coefficient (Wildman–Crippen LogP) is 1.60. The average Bonchev–Trinajstić information content (AvgIpc) is 2.59. The van der Waals surface area contributed by atoms with Crippen LogP contribution in [0.2, 0.25) is 0 Å². The lowest BCUT2D eigenvalue weighted by Gasteiger charge is -2.05. The van der Waals surface area contributed by atoms with Crippen LogP contribution >= 0.6 is 11.3 Å². The SMILES string of the molecule is Cc1nc(C(N)c2cnccn2)sc1C. The third-order valence-corrected chi connectivity index (χ3v) is 3.37. The molecular weight excluding hydrogens is 208 g/mol. The second-order valence-corrected chi connectivity index (χ2v) is 4.54. The highest BCUT2D eigenvalue weighted by Gasteiger charge is 2.15. The van der Waals surface area contributed by atoms with Gasteiger partial charge in [0.1, 0.15) is 11.0 Å². The molecule has 0 aliphatic heterocycles. The molecular formula is C10H12N4S. The fourth-order valence-corrected chi connectivity index (χ4v) is 2.17. The van der Waals surface area contributed by atoms with Gasteiger partial charge in [0.05, 0.1) is 17.6 Å². The summed E-state index contributed by atoms with van der Waals surface area (Å²) in [6, 6.07) is -0.268. The van der Waals surface area contributed by atoms with Gasteiger partial charge in [-0.3, -0.25) is 9.97 Å². The number of hydrogen-bond donors (Lipinski definition) is 1. The van der Waals surface area contributed by atoms with Crippen molar-refractivity contribution in [3.63, 3.8) is 0 Å². The van der Waals surface area contributed by atoms with Crippen molar-refractivity contribution in [2.24, 2.45) is 5.73 Å². The Hall–Kier alpha value is -1.33. The zero-order valence-corrected chi connectivity index (χ0v) is 9.45. The standard InChI is InChI=1S/C10H12N4S/c1-6-7(2)15-10(14-6)9(11)8-5-12-3-4-13-8/h3-5,9H,11H2,1-2H3. The van der Waals surface area contributed by atoms with Crippen molar-refractivity contribution >= 4 is 11.3 Å². The zero-order valence-electron chi connectivity index (χ0n) is 8.64. The summed E-state index contributed by atoms with van der Waals surface area (Å²) in [5, 5.41) is 0.894. The largest absolute Gasteiger partial charge is 0.317 e. The lowest BCUT2D eigenvalue weighted by molar-refractivity contribution is 0.804. The maximum atomic E-state index is 6.04. The molecule has 2 rings (SSSR count). The normalized spacial score (nSPS) is 12.7. The molecule has 4 nitrogen and oxygen atoms in total. The zero-order chi connectivity index (χ0) is 10.8. The van der Waals surface area contributed by atoms with Crippen molar-refractivity contribution in [3.05, 3.63) is 39.9 Å². The first kappa shape index (κ1) is 10.2. The smallest absolute Gasteiger partial charge is 0.116 e. The summed E-state index contributed by atoms with van der Waals surface area (Å²) in [4.78, 5) is 13.8. The topological polar surface area (TPSA) is 64.7 Å². The number of nitrogens with two attached hydrogens (primary N) is 1. The third kappa shape index (κ3) is 2.03. The number of nitrogens with zero attached hydrogens (tertiary/aromatic N) is 3. The van der Waals surface area contributed by atoms with Crippen LogP contribution in [0.25, 0.3) is 0 Å². The first-order chi connectivity index (χ1) is 7.18. The summed E-state index contributed by atoms with van der Waals surface area (Å²) in [6.07, 6.45) is 4.95. The van der Waals surface area contributed by atoms with Crippen molar-refractivity contribution in [1.82, 2.24) is 15.0 Å². The van der Waals surface area contributed by atoms with Crippen LogP contribution in [0.4, 0.5) is 0 Å². The van der Waals surface area contributed by atoms with Gasteiger partial charge in [-0.1, -0.05) is 0 Å². The molecule has 0 aromatic carbocycles. The van der Waals surface area contributed by atoms with E-state index < -0.39 is 0 Å². The van der Waals surface area contributed by atoms with Gasteiger partial charge in [0.25, 0.3) is 0 Å². The minimum Gasteiger partial charge on any atom is -0.317 e. The fraction of sp³-hybridized carbons (Fsp3) is 0.300. The molecule has 78 valence electrons. The Bertz CT molecular complexity index is 432. The van der Waals surface area contributed by atoms with Crippen LogP contribution in [0, 0.1) is 13.8 Å². The van der Waals surface area contributed by atoms with E-state index in [0.29, 0.717) is 0 Å². The number of aryl methyl sites for hydroxylation is 2. The molecule has 2 aromatic heterocycles. The van der Waals surface area contributed by atoms with Gasteiger partial charge in [-0.2, -0.15) is 0 Å². The first-order valence-electron chi connectivity index (χ1n) is 4.64. The van der Waals surface area contributed by atoms with Crippen LogP contribution < -0.4 is 5.73 Å². The summed E-state index contributed by atoms with van der Waals surface area (Å²) >= 11 is 1.61. The van der Waals surface area contributed by atoms with Gasteiger partial charge in [-0.05, 0) is 13.8 Å². The minimum atomic E-state index is -0.268. The highest BCUT2D eigenvalue weighted by molar-refractivity contribution is 7.11. The molecule has 0 radical (unpaired) electrons. The summed E-state index contributed by atoms with van der Waals surface area (Å²) in [7, 11) is 0. The van der Waals surface area contributed by atoms with E-state index in [9.17, 15) is 0 Å². The van der Waals surface area contributed by atoms with Crippen LogP contribution in [-0.4, -0.2) is 15.0 Å². The molecule has 1 atom stereocenters. The Morgan fingerprint density at radius 3 is 2.67 bits per heavy atom. The summed E-state index contributed by atoms with van der Waals surface area (Å²) in [5.41, 5.74) is 7.84. The monoisotopic (exact) mass is 220 g/mol. The Balaban J connectivity index is 2.32.